The number of nitrogens with zero attached hydrogens (tertiary/aromatic N) is 1. The van der Waals surface area contributed by atoms with E-state index in [2.05, 4.69) is 38.2 Å². The average molecular weight is 408 g/mol. The van der Waals surface area contributed by atoms with Crippen LogP contribution in [0, 0.1) is 0 Å². The van der Waals surface area contributed by atoms with Gasteiger partial charge in [-0.1, -0.05) is 45.0 Å². The Morgan fingerprint density at radius 2 is 1.90 bits per heavy atom. The maximum absolute atomic E-state index is 12.4. The van der Waals surface area contributed by atoms with Crippen LogP contribution in [0.2, 0.25) is 0 Å². The van der Waals surface area contributed by atoms with Crippen LogP contribution < -0.4 is 15.0 Å². The van der Waals surface area contributed by atoms with Crippen LogP contribution in [0.4, 0.5) is 11.4 Å². The highest BCUT2D eigenvalue weighted by Gasteiger charge is 2.28. The second-order valence-electron chi connectivity index (χ2n) is 8.43. The third-order valence-corrected chi connectivity index (χ3v) is 4.98. The minimum atomic E-state index is -0.463. The van der Waals surface area contributed by atoms with Crippen LogP contribution in [0.3, 0.4) is 0 Å². The number of hydrogen-bond acceptors (Lipinski definition) is 4. The summed E-state index contributed by atoms with van der Waals surface area (Å²) in [5.41, 5.74) is 3.39. The van der Waals surface area contributed by atoms with E-state index in [0.29, 0.717) is 17.1 Å². The maximum atomic E-state index is 12.4. The Morgan fingerprint density at radius 1 is 1.20 bits per heavy atom. The first kappa shape index (κ1) is 21.6. The third-order valence-electron chi connectivity index (χ3n) is 4.98. The largest absolute Gasteiger partial charge is 0.484 e. The predicted octanol–water partition coefficient (Wildman–Crippen LogP) is 3.74. The molecule has 2 aromatic rings. The zero-order valence-corrected chi connectivity index (χ0v) is 17.8. The summed E-state index contributed by atoms with van der Waals surface area (Å²) in [6.07, 6.45) is 2.78. The van der Waals surface area contributed by atoms with Crippen molar-refractivity contribution in [3.05, 3.63) is 59.7 Å². The average Bonchev–Trinajstić information content (AvgIpc) is 2.71. The second-order valence-corrected chi connectivity index (χ2v) is 8.43. The van der Waals surface area contributed by atoms with Gasteiger partial charge in [-0.05, 0) is 40.8 Å². The molecule has 0 spiro atoms. The zero-order valence-electron chi connectivity index (χ0n) is 17.8. The highest BCUT2D eigenvalue weighted by Crippen LogP contribution is 2.36. The molecule has 3 rings (SSSR count). The topological polar surface area (TPSA) is 78.9 Å². The van der Waals surface area contributed by atoms with Gasteiger partial charge in [-0.2, -0.15) is 0 Å². The highest BCUT2D eigenvalue weighted by molar-refractivity contribution is 6.03. The standard InChI is InChI=1S/C24H28N2O4/c1-16(28)26-14-20(15-27)30-22-11-10-19(13-21(22)26)25-23(29)12-7-17-5-8-18(9-6-17)24(2,3)4/h5-13,20,27H,14-15H2,1-4H3,(H,25,29)/b12-7+. The summed E-state index contributed by atoms with van der Waals surface area (Å²) >= 11 is 0. The van der Waals surface area contributed by atoms with Crippen molar-refractivity contribution in [2.45, 2.75) is 39.2 Å². The first-order valence-corrected chi connectivity index (χ1v) is 9.96. The van der Waals surface area contributed by atoms with Gasteiger partial charge in [-0.25, -0.2) is 0 Å². The van der Waals surface area contributed by atoms with Gasteiger partial charge in [0.1, 0.15) is 11.9 Å². The summed E-state index contributed by atoms with van der Waals surface area (Å²) < 4.78 is 5.69. The molecule has 2 N–H and O–H groups in total. The smallest absolute Gasteiger partial charge is 0.248 e. The number of carbonyl (C=O) groups is 2. The lowest BCUT2D eigenvalue weighted by Gasteiger charge is -2.33. The Kier molecular flexibility index (Phi) is 6.27. The molecule has 0 fully saturated rings. The van der Waals surface area contributed by atoms with Crippen molar-refractivity contribution in [3.8, 4) is 5.75 Å². The van der Waals surface area contributed by atoms with E-state index in [1.807, 2.05) is 12.1 Å². The Bertz CT molecular complexity index is 958. The Balaban J connectivity index is 1.71. The second kappa shape index (κ2) is 8.71. The number of rotatable bonds is 4. The van der Waals surface area contributed by atoms with Gasteiger partial charge in [0.15, 0.2) is 0 Å². The summed E-state index contributed by atoms with van der Waals surface area (Å²) in [5.74, 6) is 0.0808. The van der Waals surface area contributed by atoms with E-state index >= 15 is 0 Å². The molecule has 1 heterocycles. The van der Waals surface area contributed by atoms with Crippen molar-refractivity contribution in [3.63, 3.8) is 0 Å². The van der Waals surface area contributed by atoms with Crippen molar-refractivity contribution >= 4 is 29.3 Å². The molecule has 0 saturated heterocycles. The molecule has 158 valence electrons. The lowest BCUT2D eigenvalue weighted by molar-refractivity contribution is -0.117. The molecule has 30 heavy (non-hydrogen) atoms. The van der Waals surface area contributed by atoms with E-state index in [1.54, 1.807) is 29.2 Å². The van der Waals surface area contributed by atoms with E-state index < -0.39 is 6.10 Å². The van der Waals surface area contributed by atoms with Gasteiger partial charge >= 0.3 is 0 Å². The molecule has 0 aliphatic carbocycles. The van der Waals surface area contributed by atoms with E-state index in [-0.39, 0.29) is 30.4 Å². The first-order valence-electron chi connectivity index (χ1n) is 9.96. The van der Waals surface area contributed by atoms with Crippen molar-refractivity contribution in [1.29, 1.82) is 0 Å². The molecule has 1 aliphatic rings. The predicted molar refractivity (Wildman–Crippen MR) is 119 cm³/mol. The van der Waals surface area contributed by atoms with Gasteiger partial charge in [0.05, 0.1) is 18.8 Å². The zero-order chi connectivity index (χ0) is 21.9. The number of ether oxygens (including phenoxy) is 1. The number of anilines is 2. The van der Waals surface area contributed by atoms with Gasteiger partial charge in [-0.15, -0.1) is 0 Å². The first-order chi connectivity index (χ1) is 14.2. The molecular formula is C24H28N2O4. The number of aliphatic hydroxyl groups excluding tert-OH is 1. The molecule has 0 bridgehead atoms. The minimum Gasteiger partial charge on any atom is -0.484 e. The van der Waals surface area contributed by atoms with Crippen LogP contribution in [-0.4, -0.2) is 36.2 Å². The van der Waals surface area contributed by atoms with Crippen molar-refractivity contribution in [2.24, 2.45) is 0 Å². The van der Waals surface area contributed by atoms with Crippen LogP contribution in [-0.2, 0) is 15.0 Å². The lowest BCUT2D eigenvalue weighted by atomic mass is 9.87. The van der Waals surface area contributed by atoms with Gasteiger partial charge in [-0.3, -0.25) is 9.59 Å². The van der Waals surface area contributed by atoms with Crippen LogP contribution in [0.25, 0.3) is 6.08 Å². The number of fused-ring (bicyclic) bond motifs is 1. The quantitative estimate of drug-likeness (QED) is 0.756. The fourth-order valence-electron chi connectivity index (χ4n) is 3.27. The van der Waals surface area contributed by atoms with Crippen LogP contribution in [0.1, 0.15) is 38.8 Å². The molecule has 0 aromatic heterocycles. The Labute approximate surface area is 177 Å². The van der Waals surface area contributed by atoms with Gasteiger partial charge in [0.25, 0.3) is 0 Å². The van der Waals surface area contributed by atoms with Gasteiger partial charge in [0, 0.05) is 18.7 Å². The summed E-state index contributed by atoms with van der Waals surface area (Å²) in [6, 6.07) is 13.2. The van der Waals surface area contributed by atoms with Gasteiger partial charge in [0.2, 0.25) is 11.8 Å². The summed E-state index contributed by atoms with van der Waals surface area (Å²) in [6.45, 7) is 8.02. The normalized spacial score (nSPS) is 16.2. The van der Waals surface area contributed by atoms with Crippen molar-refractivity contribution in [2.75, 3.05) is 23.4 Å². The molecule has 2 amide bonds. The van der Waals surface area contributed by atoms with Crippen molar-refractivity contribution in [1.82, 2.24) is 0 Å². The van der Waals surface area contributed by atoms with E-state index in [1.165, 1.54) is 18.6 Å². The maximum Gasteiger partial charge on any atom is 0.248 e. The Morgan fingerprint density at radius 3 is 2.50 bits per heavy atom. The molecule has 2 aromatic carbocycles. The Hall–Kier alpha value is -3.12. The number of carbonyl (C=O) groups excluding carboxylic acids is 2. The van der Waals surface area contributed by atoms with E-state index in [4.69, 9.17) is 4.74 Å². The number of hydrogen-bond donors (Lipinski definition) is 2. The number of aliphatic hydroxyl groups is 1. The monoisotopic (exact) mass is 408 g/mol. The van der Waals surface area contributed by atoms with Crippen LogP contribution >= 0.6 is 0 Å². The fourth-order valence-corrected chi connectivity index (χ4v) is 3.27. The van der Waals surface area contributed by atoms with E-state index in [9.17, 15) is 14.7 Å². The molecule has 1 aliphatic heterocycles. The number of amides is 2. The van der Waals surface area contributed by atoms with Gasteiger partial charge < -0.3 is 20.1 Å². The van der Waals surface area contributed by atoms with Crippen LogP contribution in [0.5, 0.6) is 5.75 Å². The summed E-state index contributed by atoms with van der Waals surface area (Å²) in [5, 5.41) is 12.2. The molecule has 1 atom stereocenters. The van der Waals surface area contributed by atoms with E-state index in [0.717, 1.165) is 5.56 Å². The van der Waals surface area contributed by atoms with Crippen molar-refractivity contribution < 1.29 is 19.4 Å². The lowest BCUT2D eigenvalue weighted by Crippen LogP contribution is -2.44. The molecular weight excluding hydrogens is 380 g/mol. The molecule has 6 heteroatoms. The molecule has 6 nitrogen and oxygen atoms in total. The summed E-state index contributed by atoms with van der Waals surface area (Å²) in [4.78, 5) is 25.9. The molecule has 0 saturated carbocycles. The molecule has 0 radical (unpaired) electrons. The summed E-state index contributed by atoms with van der Waals surface area (Å²) in [7, 11) is 0. The van der Waals surface area contributed by atoms with Crippen LogP contribution in [0.15, 0.2) is 48.5 Å². The minimum absolute atomic E-state index is 0.0841. The third kappa shape index (κ3) is 5.07. The SMILES string of the molecule is CC(=O)N1CC(CO)Oc2ccc(NC(=O)/C=C/c3ccc(C(C)(C)C)cc3)cc21. The molecule has 1 unspecified atom stereocenters. The number of nitrogens with one attached hydrogen (secondary N) is 1. The fraction of sp³-hybridized carbons (Fsp3) is 0.333. The highest BCUT2D eigenvalue weighted by atomic mass is 16.5. The number of benzene rings is 2.